The Morgan fingerprint density at radius 1 is 1.22 bits per heavy atom. The van der Waals surface area contributed by atoms with Gasteiger partial charge < -0.3 is 9.80 Å². The first-order valence-electron chi connectivity index (χ1n) is 9.74. The van der Waals surface area contributed by atoms with Crippen LogP contribution in [-0.2, 0) is 17.9 Å². The first kappa shape index (κ1) is 18.2. The number of hydrogen-bond acceptors (Lipinski definition) is 4. The summed E-state index contributed by atoms with van der Waals surface area (Å²) in [6, 6.07) is 7.62. The van der Waals surface area contributed by atoms with Gasteiger partial charge in [-0.3, -0.25) is 9.59 Å². The van der Waals surface area contributed by atoms with E-state index in [4.69, 9.17) is 0 Å². The molecule has 0 N–H and O–H groups in total. The maximum Gasteiger partial charge on any atom is 0.254 e. The number of rotatable bonds is 6. The van der Waals surface area contributed by atoms with Crippen LogP contribution in [0.5, 0.6) is 0 Å². The van der Waals surface area contributed by atoms with Gasteiger partial charge in [-0.25, -0.2) is 4.98 Å². The van der Waals surface area contributed by atoms with Crippen molar-refractivity contribution in [2.75, 3.05) is 13.1 Å². The highest BCUT2D eigenvalue weighted by atomic mass is 32.1. The fourth-order valence-corrected chi connectivity index (χ4v) is 4.77. The van der Waals surface area contributed by atoms with Crippen molar-refractivity contribution in [2.24, 2.45) is 5.92 Å². The Balaban J connectivity index is 1.44. The zero-order valence-electron chi connectivity index (χ0n) is 15.5. The monoisotopic (exact) mass is 383 g/mol. The third-order valence-electron chi connectivity index (χ3n) is 5.59. The van der Waals surface area contributed by atoms with E-state index in [2.05, 4.69) is 4.98 Å². The minimum Gasteiger partial charge on any atom is -0.334 e. The van der Waals surface area contributed by atoms with E-state index in [1.807, 2.05) is 34.5 Å². The van der Waals surface area contributed by atoms with Crippen molar-refractivity contribution in [1.82, 2.24) is 14.8 Å². The molecule has 0 spiro atoms. The molecule has 2 amide bonds. The highest BCUT2D eigenvalue weighted by molar-refractivity contribution is 7.09. The summed E-state index contributed by atoms with van der Waals surface area (Å²) in [5.74, 6) is 0.553. The topological polar surface area (TPSA) is 53.5 Å². The van der Waals surface area contributed by atoms with Crippen molar-refractivity contribution >= 4 is 23.2 Å². The zero-order valence-corrected chi connectivity index (χ0v) is 16.3. The summed E-state index contributed by atoms with van der Waals surface area (Å²) >= 11 is 1.58. The Bertz CT molecular complexity index is 800. The van der Waals surface area contributed by atoms with Crippen molar-refractivity contribution in [3.8, 4) is 0 Å². The Morgan fingerprint density at radius 3 is 2.78 bits per heavy atom. The molecule has 2 aromatic rings. The standard InChI is InChI=1S/C21H25N3O2S/c25-20(15-24-13-17-8-4-5-9-18(17)21(24)26)23(14-19-22-10-11-27-19)12-16-6-2-1-3-7-16/h4-5,8-11,16H,1-3,6-7,12-15H2. The molecule has 4 rings (SSSR count). The van der Waals surface area contributed by atoms with E-state index in [-0.39, 0.29) is 18.4 Å². The van der Waals surface area contributed by atoms with Gasteiger partial charge in [0.1, 0.15) is 11.6 Å². The third-order valence-corrected chi connectivity index (χ3v) is 6.35. The molecule has 5 nitrogen and oxygen atoms in total. The van der Waals surface area contributed by atoms with E-state index in [0.717, 1.165) is 22.7 Å². The van der Waals surface area contributed by atoms with Crippen LogP contribution >= 0.6 is 11.3 Å². The highest BCUT2D eigenvalue weighted by Gasteiger charge is 2.30. The Kier molecular flexibility index (Phi) is 5.53. The van der Waals surface area contributed by atoms with Gasteiger partial charge in [0, 0.05) is 30.2 Å². The van der Waals surface area contributed by atoms with Gasteiger partial charge in [-0.05, 0) is 30.4 Å². The quantitative estimate of drug-likeness (QED) is 0.764. The SMILES string of the molecule is O=C(CN1Cc2ccccc2C1=O)N(Cc1nccs1)CC1CCCCC1. The van der Waals surface area contributed by atoms with Crippen LogP contribution < -0.4 is 0 Å². The summed E-state index contributed by atoms with van der Waals surface area (Å²) < 4.78 is 0. The number of benzene rings is 1. The summed E-state index contributed by atoms with van der Waals surface area (Å²) in [7, 11) is 0. The third kappa shape index (κ3) is 4.21. The molecule has 0 atom stereocenters. The van der Waals surface area contributed by atoms with Crippen LogP contribution in [-0.4, -0.2) is 39.7 Å². The number of hydrogen-bond donors (Lipinski definition) is 0. The average molecular weight is 384 g/mol. The number of amides is 2. The maximum atomic E-state index is 13.1. The van der Waals surface area contributed by atoms with Gasteiger partial charge in [-0.15, -0.1) is 11.3 Å². The number of nitrogens with zero attached hydrogens (tertiary/aromatic N) is 3. The first-order chi connectivity index (χ1) is 13.2. The predicted octanol–water partition coefficient (Wildman–Crippen LogP) is 3.71. The highest BCUT2D eigenvalue weighted by Crippen LogP contribution is 2.26. The van der Waals surface area contributed by atoms with Crippen LogP contribution in [0.15, 0.2) is 35.8 Å². The molecule has 1 fully saturated rings. The van der Waals surface area contributed by atoms with Gasteiger partial charge in [0.2, 0.25) is 5.91 Å². The zero-order chi connectivity index (χ0) is 18.6. The molecule has 1 aliphatic carbocycles. The second-order valence-electron chi connectivity index (χ2n) is 7.52. The number of thiazole rings is 1. The second-order valence-corrected chi connectivity index (χ2v) is 8.50. The van der Waals surface area contributed by atoms with Crippen molar-refractivity contribution in [3.05, 3.63) is 52.0 Å². The fraction of sp³-hybridized carbons (Fsp3) is 0.476. The molecule has 0 radical (unpaired) electrons. The van der Waals surface area contributed by atoms with Crippen LogP contribution in [0.2, 0.25) is 0 Å². The number of fused-ring (bicyclic) bond motifs is 1. The maximum absolute atomic E-state index is 13.1. The van der Waals surface area contributed by atoms with Gasteiger partial charge in [0.05, 0.1) is 6.54 Å². The summed E-state index contributed by atoms with van der Waals surface area (Å²) in [6.07, 6.45) is 7.97. The molecule has 1 saturated carbocycles. The van der Waals surface area contributed by atoms with E-state index in [9.17, 15) is 9.59 Å². The number of carbonyl (C=O) groups is 2. The molecular weight excluding hydrogens is 358 g/mol. The lowest BCUT2D eigenvalue weighted by Gasteiger charge is -2.30. The van der Waals surface area contributed by atoms with Crippen LogP contribution in [0.25, 0.3) is 0 Å². The lowest BCUT2D eigenvalue weighted by atomic mass is 9.89. The van der Waals surface area contributed by atoms with Gasteiger partial charge in [0.15, 0.2) is 0 Å². The predicted molar refractivity (Wildman–Crippen MR) is 105 cm³/mol. The molecule has 27 heavy (non-hydrogen) atoms. The molecule has 2 heterocycles. The Labute approximate surface area is 164 Å². The largest absolute Gasteiger partial charge is 0.334 e. The summed E-state index contributed by atoms with van der Waals surface area (Å²) in [5.41, 5.74) is 1.73. The smallest absolute Gasteiger partial charge is 0.254 e. The van der Waals surface area contributed by atoms with Crippen LogP contribution in [0, 0.1) is 5.92 Å². The first-order valence-corrected chi connectivity index (χ1v) is 10.6. The molecule has 142 valence electrons. The number of aromatic nitrogens is 1. The van der Waals surface area contributed by atoms with Crippen molar-refractivity contribution in [1.29, 1.82) is 0 Å². The van der Waals surface area contributed by atoms with E-state index >= 15 is 0 Å². The van der Waals surface area contributed by atoms with Crippen LogP contribution in [0.3, 0.4) is 0 Å². The molecule has 0 bridgehead atoms. The molecule has 0 saturated heterocycles. The fourth-order valence-electron chi connectivity index (χ4n) is 4.14. The Morgan fingerprint density at radius 2 is 2.04 bits per heavy atom. The normalized spacial score (nSPS) is 17.2. The minimum absolute atomic E-state index is 0.0249. The number of carbonyl (C=O) groups excluding carboxylic acids is 2. The van der Waals surface area contributed by atoms with Crippen LogP contribution in [0.4, 0.5) is 0 Å². The molecule has 1 aromatic carbocycles. The van der Waals surface area contributed by atoms with Gasteiger partial charge in [0.25, 0.3) is 5.91 Å². The van der Waals surface area contributed by atoms with E-state index in [1.165, 1.54) is 32.1 Å². The average Bonchev–Trinajstić information content (AvgIpc) is 3.31. The summed E-state index contributed by atoms with van der Waals surface area (Å²) in [4.78, 5) is 33.7. The molecule has 1 aliphatic heterocycles. The van der Waals surface area contributed by atoms with Crippen LogP contribution in [0.1, 0.15) is 53.0 Å². The van der Waals surface area contributed by atoms with Gasteiger partial charge >= 0.3 is 0 Å². The van der Waals surface area contributed by atoms with E-state index < -0.39 is 0 Å². The lowest BCUT2D eigenvalue weighted by Crippen LogP contribution is -2.42. The van der Waals surface area contributed by atoms with Gasteiger partial charge in [-0.2, -0.15) is 0 Å². The van der Waals surface area contributed by atoms with E-state index in [0.29, 0.717) is 19.0 Å². The van der Waals surface area contributed by atoms with E-state index in [1.54, 1.807) is 22.4 Å². The van der Waals surface area contributed by atoms with Crippen molar-refractivity contribution in [2.45, 2.75) is 45.2 Å². The van der Waals surface area contributed by atoms with Gasteiger partial charge in [-0.1, -0.05) is 37.5 Å². The Hall–Kier alpha value is -2.21. The minimum atomic E-state index is -0.0363. The van der Waals surface area contributed by atoms with Crippen molar-refractivity contribution < 1.29 is 9.59 Å². The second kappa shape index (κ2) is 8.21. The molecule has 2 aliphatic rings. The molecule has 6 heteroatoms. The van der Waals surface area contributed by atoms with Crippen molar-refractivity contribution in [3.63, 3.8) is 0 Å². The molecule has 0 unspecified atom stereocenters. The summed E-state index contributed by atoms with van der Waals surface area (Å²) in [6.45, 7) is 1.98. The molecular formula is C21H25N3O2S. The molecule has 1 aromatic heterocycles. The summed E-state index contributed by atoms with van der Waals surface area (Å²) in [5, 5.41) is 2.90. The lowest BCUT2D eigenvalue weighted by molar-refractivity contribution is -0.133.